The molecule has 0 saturated carbocycles. The van der Waals surface area contributed by atoms with Gasteiger partial charge in [0.1, 0.15) is 11.0 Å². The van der Waals surface area contributed by atoms with Crippen LogP contribution in [0.5, 0.6) is 0 Å². The van der Waals surface area contributed by atoms with E-state index < -0.39 is 0 Å². The van der Waals surface area contributed by atoms with Gasteiger partial charge in [0.15, 0.2) is 11.2 Å². The zero-order chi connectivity index (χ0) is 36.2. The fourth-order valence-electron chi connectivity index (χ4n) is 6.99. The first-order valence-corrected chi connectivity index (χ1v) is 17.3. The predicted molar refractivity (Wildman–Crippen MR) is 212 cm³/mol. The standard InChI is InChI=1S/C47H28N4O2/c48-29-30-12-25-41-35(26-30)6-5-7-40(41)36-14-13-34-28-39(24-19-33(34)27-36)51(37-20-15-31(16-21-37)46-49-42-8-1-3-10-44(42)52-46)38-22-17-32(18-23-38)47-50-43-9-2-4-11-45(43)53-47/h1-28H/i28D. The van der Waals surface area contributed by atoms with Crippen LogP contribution in [0.4, 0.5) is 17.1 Å². The van der Waals surface area contributed by atoms with E-state index in [1.807, 2.05) is 140 Å². The zero-order valence-electron chi connectivity index (χ0n) is 29.2. The SMILES string of the molecule is [2H]c1c(N(c2ccc(-c3nc4ccccc4o3)cc2)c2ccc(-c3nc4ccccc4o3)cc2)ccc2cc(-c3cccc4cc(C#N)ccc34)ccc12. The quantitative estimate of drug-likeness (QED) is 0.174. The second-order valence-corrected chi connectivity index (χ2v) is 12.9. The van der Waals surface area contributed by atoms with Crippen molar-refractivity contribution in [3.63, 3.8) is 0 Å². The fourth-order valence-corrected chi connectivity index (χ4v) is 6.99. The van der Waals surface area contributed by atoms with Gasteiger partial charge in [0.05, 0.1) is 13.0 Å². The van der Waals surface area contributed by atoms with E-state index in [0.717, 1.165) is 83.1 Å². The molecule has 0 bridgehead atoms. The van der Waals surface area contributed by atoms with E-state index >= 15 is 0 Å². The number of oxazole rings is 2. The van der Waals surface area contributed by atoms with E-state index in [1.54, 1.807) is 0 Å². The van der Waals surface area contributed by atoms with Crippen LogP contribution in [0.1, 0.15) is 6.93 Å². The van der Waals surface area contributed by atoms with Gasteiger partial charge in [-0.15, -0.1) is 0 Å². The molecule has 8 aromatic carbocycles. The molecule has 10 aromatic rings. The van der Waals surface area contributed by atoms with Gasteiger partial charge in [-0.05, 0) is 136 Å². The van der Waals surface area contributed by atoms with E-state index in [0.29, 0.717) is 23.4 Å². The fraction of sp³-hybridized carbons (Fsp3) is 0. The van der Waals surface area contributed by atoms with Gasteiger partial charge in [0, 0.05) is 28.2 Å². The summed E-state index contributed by atoms with van der Waals surface area (Å²) < 4.78 is 21.7. The van der Waals surface area contributed by atoms with Crippen molar-refractivity contribution in [2.45, 2.75) is 0 Å². The van der Waals surface area contributed by atoms with Crippen LogP contribution in [0.2, 0.25) is 0 Å². The number of fused-ring (bicyclic) bond motifs is 4. The Bertz CT molecular complexity index is 2900. The third-order valence-corrected chi connectivity index (χ3v) is 9.63. The van der Waals surface area contributed by atoms with Gasteiger partial charge in [-0.1, -0.05) is 66.7 Å². The lowest BCUT2D eigenvalue weighted by molar-refractivity contribution is 0.619. The number of anilines is 3. The summed E-state index contributed by atoms with van der Waals surface area (Å²) in [5.41, 5.74) is 10.1. The molecule has 0 unspecified atom stereocenters. The molecule has 0 amide bonds. The highest BCUT2D eigenvalue weighted by molar-refractivity contribution is 6.00. The van der Waals surface area contributed by atoms with Crippen molar-refractivity contribution in [2.75, 3.05) is 4.90 Å². The Morgan fingerprint density at radius 2 is 1.09 bits per heavy atom. The molecule has 0 atom stereocenters. The first kappa shape index (κ1) is 29.3. The summed E-state index contributed by atoms with van der Waals surface area (Å²) in [6.45, 7) is 0. The topological polar surface area (TPSA) is 79.1 Å². The maximum atomic E-state index is 9.57. The van der Waals surface area contributed by atoms with Crippen LogP contribution in [-0.4, -0.2) is 9.97 Å². The van der Waals surface area contributed by atoms with Crippen molar-refractivity contribution in [2.24, 2.45) is 0 Å². The predicted octanol–water partition coefficient (Wildman–Crippen LogP) is 12.6. The molecule has 0 N–H and O–H groups in total. The van der Waals surface area contributed by atoms with Gasteiger partial charge < -0.3 is 13.7 Å². The summed E-state index contributed by atoms with van der Waals surface area (Å²) in [6.07, 6.45) is 0. The minimum absolute atomic E-state index is 0.404. The van der Waals surface area contributed by atoms with Crippen molar-refractivity contribution >= 4 is 60.8 Å². The molecule has 0 aliphatic carbocycles. The number of aromatic nitrogens is 2. The minimum atomic E-state index is 0.404. The molecule has 248 valence electrons. The van der Waals surface area contributed by atoms with Crippen LogP contribution in [-0.2, 0) is 0 Å². The molecule has 0 aliphatic heterocycles. The van der Waals surface area contributed by atoms with Crippen molar-refractivity contribution in [3.8, 4) is 40.1 Å². The summed E-state index contributed by atoms with van der Waals surface area (Å²) in [6, 6.07) is 56.5. The molecule has 0 spiro atoms. The smallest absolute Gasteiger partial charge is 0.227 e. The summed E-state index contributed by atoms with van der Waals surface area (Å²) in [7, 11) is 0. The van der Waals surface area contributed by atoms with Crippen molar-refractivity contribution < 1.29 is 10.2 Å². The van der Waals surface area contributed by atoms with Gasteiger partial charge in [-0.3, -0.25) is 0 Å². The number of rotatable bonds is 6. The van der Waals surface area contributed by atoms with Crippen LogP contribution >= 0.6 is 0 Å². The first-order chi connectivity index (χ1) is 26.6. The molecule has 2 heterocycles. The molecular formula is C47H28N4O2. The summed E-state index contributed by atoms with van der Waals surface area (Å²) in [5.74, 6) is 1.10. The maximum absolute atomic E-state index is 9.57. The molecule has 0 fully saturated rings. The average Bonchev–Trinajstić information content (AvgIpc) is 3.87. The average molecular weight is 682 g/mol. The van der Waals surface area contributed by atoms with E-state index in [-0.39, 0.29) is 0 Å². The lowest BCUT2D eigenvalue weighted by Crippen LogP contribution is -2.09. The van der Waals surface area contributed by atoms with Crippen LogP contribution in [0, 0.1) is 11.3 Å². The largest absolute Gasteiger partial charge is 0.436 e. The monoisotopic (exact) mass is 681 g/mol. The van der Waals surface area contributed by atoms with Crippen LogP contribution in [0.25, 0.3) is 77.8 Å². The van der Waals surface area contributed by atoms with Crippen LogP contribution in [0.15, 0.2) is 179 Å². The van der Waals surface area contributed by atoms with Crippen molar-refractivity contribution in [1.82, 2.24) is 9.97 Å². The van der Waals surface area contributed by atoms with E-state index in [2.05, 4.69) is 35.2 Å². The molecular weight excluding hydrogens is 653 g/mol. The summed E-state index contributed by atoms with van der Waals surface area (Å²) in [4.78, 5) is 11.5. The molecule has 0 radical (unpaired) electrons. The highest BCUT2D eigenvalue weighted by atomic mass is 16.4. The Kier molecular flexibility index (Phi) is 6.83. The Labute approximate surface area is 305 Å². The van der Waals surface area contributed by atoms with Crippen LogP contribution < -0.4 is 4.90 Å². The Hall–Kier alpha value is -7.49. The molecule has 6 nitrogen and oxygen atoms in total. The second kappa shape index (κ2) is 12.4. The summed E-state index contributed by atoms with van der Waals surface area (Å²) >= 11 is 0. The molecule has 0 saturated heterocycles. The number of hydrogen-bond acceptors (Lipinski definition) is 6. The van der Waals surface area contributed by atoms with Gasteiger partial charge >= 0.3 is 0 Å². The highest BCUT2D eigenvalue weighted by Gasteiger charge is 2.17. The van der Waals surface area contributed by atoms with Gasteiger partial charge in [-0.25, -0.2) is 9.97 Å². The molecule has 6 heteroatoms. The summed E-state index contributed by atoms with van der Waals surface area (Å²) in [5, 5.41) is 13.3. The minimum Gasteiger partial charge on any atom is -0.436 e. The number of nitriles is 1. The molecule has 53 heavy (non-hydrogen) atoms. The lowest BCUT2D eigenvalue weighted by Gasteiger charge is -2.26. The van der Waals surface area contributed by atoms with E-state index in [9.17, 15) is 6.63 Å². The third kappa shape index (κ3) is 5.45. The normalized spacial score (nSPS) is 11.6. The number of benzene rings is 8. The van der Waals surface area contributed by atoms with Crippen molar-refractivity contribution in [3.05, 3.63) is 175 Å². The highest BCUT2D eigenvalue weighted by Crippen LogP contribution is 2.39. The van der Waals surface area contributed by atoms with Gasteiger partial charge in [0.2, 0.25) is 11.8 Å². The Morgan fingerprint density at radius 1 is 0.509 bits per heavy atom. The second-order valence-electron chi connectivity index (χ2n) is 12.9. The van der Waals surface area contributed by atoms with Crippen molar-refractivity contribution in [1.29, 1.82) is 5.26 Å². The van der Waals surface area contributed by atoms with Gasteiger partial charge in [-0.2, -0.15) is 5.26 Å². The first-order valence-electron chi connectivity index (χ1n) is 17.8. The number of nitrogens with zero attached hydrogens (tertiary/aromatic N) is 4. The lowest BCUT2D eigenvalue weighted by atomic mass is 9.95. The Balaban J connectivity index is 1.06. The van der Waals surface area contributed by atoms with Crippen LogP contribution in [0.3, 0.4) is 0 Å². The maximum Gasteiger partial charge on any atom is 0.227 e. The zero-order valence-corrected chi connectivity index (χ0v) is 28.2. The van der Waals surface area contributed by atoms with E-state index in [1.165, 1.54) is 0 Å². The molecule has 0 aliphatic rings. The molecule has 2 aromatic heterocycles. The Morgan fingerprint density at radius 3 is 1.72 bits per heavy atom. The number of hydrogen-bond donors (Lipinski definition) is 0. The van der Waals surface area contributed by atoms with Gasteiger partial charge in [0.25, 0.3) is 0 Å². The molecule has 10 rings (SSSR count). The van der Waals surface area contributed by atoms with E-state index in [4.69, 9.17) is 18.8 Å². The third-order valence-electron chi connectivity index (χ3n) is 9.63. The number of para-hydroxylation sites is 4.